The van der Waals surface area contributed by atoms with E-state index in [0.29, 0.717) is 34.6 Å². The summed E-state index contributed by atoms with van der Waals surface area (Å²) in [5.74, 6) is -0.743. The van der Waals surface area contributed by atoms with Crippen molar-refractivity contribution in [3.63, 3.8) is 0 Å². The quantitative estimate of drug-likeness (QED) is 0.347. The average molecular weight is 569 g/mol. The maximum atomic E-state index is 13.8. The van der Waals surface area contributed by atoms with Crippen LogP contribution in [0.3, 0.4) is 0 Å². The van der Waals surface area contributed by atoms with Gasteiger partial charge in [-0.15, -0.1) is 0 Å². The molecule has 0 radical (unpaired) electrons. The Morgan fingerprint density at radius 2 is 1.85 bits per heavy atom. The van der Waals surface area contributed by atoms with Crippen molar-refractivity contribution in [3.8, 4) is 11.5 Å². The van der Waals surface area contributed by atoms with Crippen LogP contribution in [-0.4, -0.2) is 70.5 Å². The van der Waals surface area contributed by atoms with E-state index in [-0.39, 0.29) is 43.7 Å². The van der Waals surface area contributed by atoms with Crippen molar-refractivity contribution in [1.29, 1.82) is 0 Å². The van der Waals surface area contributed by atoms with E-state index < -0.39 is 35.9 Å². The number of hydrogen-bond donors (Lipinski definition) is 4. The summed E-state index contributed by atoms with van der Waals surface area (Å²) >= 11 is 0. The number of amides is 2. The molecule has 4 unspecified atom stereocenters. The van der Waals surface area contributed by atoms with Gasteiger partial charge in [-0.25, -0.2) is 4.39 Å². The van der Waals surface area contributed by atoms with Crippen molar-refractivity contribution < 1.29 is 38.8 Å². The Kier molecular flexibility index (Phi) is 8.91. The highest BCUT2D eigenvalue weighted by molar-refractivity contribution is 5.96. The summed E-state index contributed by atoms with van der Waals surface area (Å²) in [7, 11) is 1.47. The first-order valence-electron chi connectivity index (χ1n) is 14.2. The van der Waals surface area contributed by atoms with E-state index in [1.54, 1.807) is 35.2 Å². The number of fused-ring (bicyclic) bond motifs is 3. The fraction of sp³-hybridized carbons (Fsp3) is 0.484. The summed E-state index contributed by atoms with van der Waals surface area (Å²) in [6.45, 7) is -0.388. The fourth-order valence-electron chi connectivity index (χ4n) is 6.34. The Morgan fingerprint density at radius 1 is 1.12 bits per heavy atom. The van der Waals surface area contributed by atoms with Crippen molar-refractivity contribution in [2.24, 2.45) is 5.92 Å². The van der Waals surface area contributed by atoms with E-state index in [4.69, 9.17) is 9.47 Å². The summed E-state index contributed by atoms with van der Waals surface area (Å²) in [4.78, 5) is 28.9. The molecular weight excluding hydrogens is 531 g/mol. The van der Waals surface area contributed by atoms with Crippen LogP contribution in [-0.2, 0) is 22.7 Å². The van der Waals surface area contributed by atoms with Gasteiger partial charge in [-0.3, -0.25) is 9.59 Å². The molecule has 0 spiro atoms. The van der Waals surface area contributed by atoms with Crippen molar-refractivity contribution in [2.75, 3.05) is 20.3 Å². The molecule has 4 N–H and O–H groups in total. The van der Waals surface area contributed by atoms with E-state index in [1.807, 2.05) is 0 Å². The van der Waals surface area contributed by atoms with E-state index in [0.717, 1.165) is 25.7 Å². The average Bonchev–Trinajstić information content (AvgIpc) is 3.64. The second-order valence-corrected chi connectivity index (χ2v) is 11.0. The highest BCUT2D eigenvalue weighted by Gasteiger charge is 2.51. The number of aliphatic hydroxyl groups is 3. The third kappa shape index (κ3) is 5.95. The molecule has 4 atom stereocenters. The number of aliphatic hydroxyl groups excluding tert-OH is 3. The zero-order valence-corrected chi connectivity index (χ0v) is 23.1. The van der Waals surface area contributed by atoms with Gasteiger partial charge in [0.25, 0.3) is 0 Å². The zero-order valence-electron chi connectivity index (χ0n) is 23.1. The van der Waals surface area contributed by atoms with Crippen molar-refractivity contribution in [3.05, 3.63) is 70.6 Å². The number of hydrogen-bond acceptors (Lipinski definition) is 7. The second kappa shape index (κ2) is 12.6. The molecule has 1 saturated carbocycles. The first kappa shape index (κ1) is 29.0. The molecule has 1 fully saturated rings. The summed E-state index contributed by atoms with van der Waals surface area (Å²) in [5.41, 5.74) is 2.11. The SMILES string of the molecule is COc1cc(CO)cc2c1OC1C2C(C(=O)NCCO)=CC(N(Cc2ccc(F)cc2)C(=O)CC2CCCC2)C1O. The van der Waals surface area contributed by atoms with Gasteiger partial charge in [-0.05, 0) is 60.2 Å². The van der Waals surface area contributed by atoms with Crippen molar-refractivity contribution >= 4 is 11.8 Å². The Morgan fingerprint density at radius 3 is 2.51 bits per heavy atom. The van der Waals surface area contributed by atoms with Crippen LogP contribution in [0.5, 0.6) is 11.5 Å². The van der Waals surface area contributed by atoms with Gasteiger partial charge < -0.3 is 35.0 Å². The molecule has 2 amide bonds. The molecule has 0 bridgehead atoms. The number of carbonyl (C=O) groups is 2. The van der Waals surface area contributed by atoms with Crippen LogP contribution >= 0.6 is 0 Å². The Labute approximate surface area is 238 Å². The van der Waals surface area contributed by atoms with Crippen molar-refractivity contribution in [2.45, 2.75) is 69.4 Å². The number of nitrogens with zero attached hydrogens (tertiary/aromatic N) is 1. The smallest absolute Gasteiger partial charge is 0.247 e. The lowest BCUT2D eigenvalue weighted by Gasteiger charge is -2.41. The molecule has 3 aliphatic rings. The van der Waals surface area contributed by atoms with Gasteiger partial charge in [0.15, 0.2) is 11.5 Å². The minimum absolute atomic E-state index is 0.0222. The standard InChI is InChI=1S/C31H37FN2O7/c1-40-25-13-20(17-36)12-22-27-23(31(39)33-10-11-35)15-24(28(38)30(27)41-29(22)25)34(16-19-6-8-21(32)9-7-19)26(37)14-18-4-2-3-5-18/h6-9,12-13,15,18,24,27-28,30,35-36,38H,2-5,10-11,14,16-17H2,1H3,(H,33,39). The zero-order chi connectivity index (χ0) is 29.1. The van der Waals surface area contributed by atoms with E-state index >= 15 is 0 Å². The molecule has 5 rings (SSSR count). The number of benzene rings is 2. The molecule has 1 heterocycles. The number of ether oxygens (including phenoxy) is 2. The molecule has 0 saturated heterocycles. The fourth-order valence-corrected chi connectivity index (χ4v) is 6.34. The van der Waals surface area contributed by atoms with Crippen LogP contribution in [0.1, 0.15) is 54.7 Å². The van der Waals surface area contributed by atoms with Crippen molar-refractivity contribution in [1.82, 2.24) is 10.2 Å². The molecule has 9 nitrogen and oxygen atoms in total. The largest absolute Gasteiger partial charge is 0.493 e. The summed E-state index contributed by atoms with van der Waals surface area (Å²) < 4.78 is 25.5. The van der Waals surface area contributed by atoms with Crippen LogP contribution < -0.4 is 14.8 Å². The van der Waals surface area contributed by atoms with E-state index in [1.165, 1.54) is 19.2 Å². The van der Waals surface area contributed by atoms with Gasteiger partial charge in [0, 0.05) is 30.6 Å². The van der Waals surface area contributed by atoms with Crippen LogP contribution in [0.15, 0.2) is 48.0 Å². The van der Waals surface area contributed by atoms with Gasteiger partial charge >= 0.3 is 0 Å². The number of halogens is 1. The molecule has 220 valence electrons. The predicted molar refractivity (Wildman–Crippen MR) is 148 cm³/mol. The monoisotopic (exact) mass is 568 g/mol. The molecule has 2 aliphatic carbocycles. The van der Waals surface area contributed by atoms with Gasteiger partial charge in [-0.2, -0.15) is 0 Å². The van der Waals surface area contributed by atoms with Crippen LogP contribution in [0.25, 0.3) is 0 Å². The molecule has 2 aromatic rings. The number of rotatable bonds is 10. The topological polar surface area (TPSA) is 129 Å². The third-order valence-corrected chi connectivity index (χ3v) is 8.38. The lowest BCUT2D eigenvalue weighted by molar-refractivity contribution is -0.139. The van der Waals surface area contributed by atoms with Crippen LogP contribution in [0.2, 0.25) is 0 Å². The molecule has 41 heavy (non-hydrogen) atoms. The highest BCUT2D eigenvalue weighted by Crippen LogP contribution is 2.51. The molecule has 10 heteroatoms. The highest BCUT2D eigenvalue weighted by atomic mass is 19.1. The van der Waals surface area contributed by atoms with E-state index in [2.05, 4.69) is 5.32 Å². The predicted octanol–water partition coefficient (Wildman–Crippen LogP) is 2.56. The first-order valence-corrected chi connectivity index (χ1v) is 14.2. The van der Waals surface area contributed by atoms with E-state index in [9.17, 15) is 29.3 Å². The Hall–Kier alpha value is -3.47. The molecular formula is C31H37FN2O7. The summed E-state index contributed by atoms with van der Waals surface area (Å²) in [5, 5.41) is 33.7. The lowest BCUT2D eigenvalue weighted by atomic mass is 9.77. The number of nitrogens with one attached hydrogen (secondary N) is 1. The maximum absolute atomic E-state index is 13.8. The number of carbonyl (C=O) groups excluding carboxylic acids is 2. The normalized spacial score (nSPS) is 23.3. The summed E-state index contributed by atoms with van der Waals surface area (Å²) in [6.07, 6.45) is 3.87. The lowest BCUT2D eigenvalue weighted by Crippen LogP contribution is -2.55. The van der Waals surface area contributed by atoms with Crippen LogP contribution in [0.4, 0.5) is 4.39 Å². The minimum Gasteiger partial charge on any atom is -0.493 e. The molecule has 2 aromatic carbocycles. The molecule has 1 aliphatic heterocycles. The van der Waals surface area contributed by atoms with Crippen LogP contribution in [0, 0.1) is 11.7 Å². The van der Waals surface area contributed by atoms with Gasteiger partial charge in [0.1, 0.15) is 18.0 Å². The second-order valence-electron chi connectivity index (χ2n) is 11.0. The van der Waals surface area contributed by atoms with Gasteiger partial charge in [0.05, 0.1) is 32.3 Å². The van der Waals surface area contributed by atoms with Gasteiger partial charge in [-0.1, -0.05) is 25.0 Å². The molecule has 0 aromatic heterocycles. The minimum atomic E-state index is -1.21. The Bertz CT molecular complexity index is 1290. The summed E-state index contributed by atoms with van der Waals surface area (Å²) in [6, 6.07) is 8.31. The third-order valence-electron chi connectivity index (χ3n) is 8.38. The Balaban J connectivity index is 1.57. The number of methoxy groups -OCH3 is 1. The maximum Gasteiger partial charge on any atom is 0.247 e. The first-order chi connectivity index (χ1) is 19.8. The van der Waals surface area contributed by atoms with Gasteiger partial charge in [0.2, 0.25) is 11.8 Å².